The second-order valence-electron chi connectivity index (χ2n) is 4.57. The van der Waals surface area contributed by atoms with Crippen LogP contribution in [0.25, 0.3) is 0 Å². The van der Waals surface area contributed by atoms with E-state index in [1.165, 1.54) is 41.8 Å². The molecule has 0 unspecified atom stereocenters. The number of rotatable bonds is 6. The van der Waals surface area contributed by atoms with E-state index in [2.05, 4.69) is 52.0 Å². The minimum atomic E-state index is 0. The first kappa shape index (κ1) is 16.5. The molecule has 0 N–H and O–H groups in total. The molecule has 17 heavy (non-hydrogen) atoms. The van der Waals surface area contributed by atoms with Gasteiger partial charge in [0.1, 0.15) is 6.54 Å². The highest BCUT2D eigenvalue weighted by Crippen LogP contribution is 2.18. The van der Waals surface area contributed by atoms with Crippen molar-refractivity contribution in [2.24, 2.45) is 0 Å². The van der Waals surface area contributed by atoms with Crippen molar-refractivity contribution in [1.29, 1.82) is 0 Å². The van der Waals surface area contributed by atoms with Crippen molar-refractivity contribution >= 4 is 0 Å². The lowest BCUT2D eigenvalue weighted by Gasteiger charge is -2.36. The third-order valence-corrected chi connectivity index (χ3v) is 4.02. The summed E-state index contributed by atoms with van der Waals surface area (Å²) in [5.74, 6) is 0. The van der Waals surface area contributed by atoms with Crippen LogP contribution in [0.2, 0.25) is 0 Å². The Hall–Kier alpha value is -0.530. The summed E-state index contributed by atoms with van der Waals surface area (Å²) in [5, 5.41) is 0. The summed E-state index contributed by atoms with van der Waals surface area (Å²) in [4.78, 5) is 0. The molecule has 0 spiro atoms. The topological polar surface area (TPSA) is 0 Å². The molecular formula is C15H26ClN. The van der Waals surface area contributed by atoms with Crippen molar-refractivity contribution in [3.8, 4) is 0 Å². The monoisotopic (exact) mass is 255 g/mol. The molecule has 0 aliphatic rings. The highest BCUT2D eigenvalue weighted by atomic mass is 35.5. The fraction of sp³-hybridized carbons (Fsp3) is 0.600. The fourth-order valence-corrected chi connectivity index (χ4v) is 2.42. The quantitative estimate of drug-likeness (QED) is 0.655. The van der Waals surface area contributed by atoms with Crippen LogP contribution >= 0.6 is 0 Å². The summed E-state index contributed by atoms with van der Waals surface area (Å²) in [6.45, 7) is 14.0. The molecule has 0 heterocycles. The lowest BCUT2D eigenvalue weighted by Crippen LogP contribution is -3.00. The van der Waals surface area contributed by atoms with Crippen LogP contribution in [0.3, 0.4) is 0 Å². The van der Waals surface area contributed by atoms with E-state index in [1.54, 1.807) is 0 Å². The largest absolute Gasteiger partial charge is 1.00 e. The molecule has 0 fully saturated rings. The van der Waals surface area contributed by atoms with Gasteiger partial charge in [0.05, 0.1) is 19.6 Å². The highest BCUT2D eigenvalue weighted by Gasteiger charge is 2.21. The number of benzene rings is 1. The van der Waals surface area contributed by atoms with Crippen LogP contribution in [0.4, 0.5) is 0 Å². The van der Waals surface area contributed by atoms with Crippen molar-refractivity contribution in [2.75, 3.05) is 19.6 Å². The van der Waals surface area contributed by atoms with Crippen LogP contribution in [0.15, 0.2) is 24.3 Å². The van der Waals surface area contributed by atoms with Gasteiger partial charge >= 0.3 is 0 Å². The molecular weight excluding hydrogens is 230 g/mol. The number of hydrogen-bond donors (Lipinski definition) is 0. The molecule has 0 amide bonds. The van der Waals surface area contributed by atoms with Gasteiger partial charge in [-0.3, -0.25) is 0 Å². The zero-order chi connectivity index (χ0) is 12.0. The Bertz CT molecular complexity index is 310. The molecule has 1 aromatic rings. The molecule has 1 nitrogen and oxygen atoms in total. The number of nitrogens with zero attached hydrogens (tertiary/aromatic N) is 1. The van der Waals surface area contributed by atoms with E-state index in [0.717, 1.165) is 6.42 Å². The zero-order valence-corrected chi connectivity index (χ0v) is 12.4. The molecule has 98 valence electrons. The minimum Gasteiger partial charge on any atom is -1.00 e. The Kier molecular flexibility index (Phi) is 7.49. The van der Waals surface area contributed by atoms with Gasteiger partial charge in [0, 0.05) is 5.56 Å². The van der Waals surface area contributed by atoms with Gasteiger partial charge in [-0.05, 0) is 32.8 Å². The van der Waals surface area contributed by atoms with E-state index in [1.807, 2.05) is 0 Å². The number of quaternary nitrogens is 1. The second kappa shape index (κ2) is 7.73. The van der Waals surface area contributed by atoms with Crippen LogP contribution in [0.5, 0.6) is 0 Å². The summed E-state index contributed by atoms with van der Waals surface area (Å²) in [6.07, 6.45) is 1.15. The second-order valence-corrected chi connectivity index (χ2v) is 4.57. The van der Waals surface area contributed by atoms with E-state index >= 15 is 0 Å². The molecule has 0 saturated carbocycles. The molecule has 0 aromatic heterocycles. The Balaban J connectivity index is 0.00000256. The summed E-state index contributed by atoms with van der Waals surface area (Å²) in [7, 11) is 0. The van der Waals surface area contributed by atoms with Gasteiger partial charge in [-0.15, -0.1) is 0 Å². The Morgan fingerprint density at radius 2 is 1.29 bits per heavy atom. The standard InChI is InChI=1S/C15H26N.ClH/c1-5-14-11-9-10-12-15(14)13-16(6-2,7-3)8-4;/h9-12H,5-8,13H2,1-4H3;1H/q+1;/p-1. The SMILES string of the molecule is CCc1ccccc1C[N+](CC)(CC)CC.[Cl-]. The summed E-state index contributed by atoms with van der Waals surface area (Å²) < 4.78 is 1.21. The Labute approximate surface area is 113 Å². The lowest BCUT2D eigenvalue weighted by atomic mass is 10.0. The molecule has 0 radical (unpaired) electrons. The van der Waals surface area contributed by atoms with Crippen molar-refractivity contribution in [2.45, 2.75) is 40.7 Å². The smallest absolute Gasteiger partial charge is 0.105 e. The number of hydrogen-bond acceptors (Lipinski definition) is 0. The zero-order valence-electron chi connectivity index (χ0n) is 11.7. The molecule has 0 aliphatic carbocycles. The maximum absolute atomic E-state index is 2.31. The van der Waals surface area contributed by atoms with Gasteiger partial charge in [-0.1, -0.05) is 31.2 Å². The average molecular weight is 256 g/mol. The van der Waals surface area contributed by atoms with Gasteiger partial charge in [-0.2, -0.15) is 0 Å². The van der Waals surface area contributed by atoms with Crippen molar-refractivity contribution in [3.05, 3.63) is 35.4 Å². The Morgan fingerprint density at radius 3 is 1.71 bits per heavy atom. The van der Waals surface area contributed by atoms with E-state index in [0.29, 0.717) is 0 Å². The lowest BCUT2D eigenvalue weighted by molar-refractivity contribution is -0.936. The first-order valence-electron chi connectivity index (χ1n) is 6.63. The van der Waals surface area contributed by atoms with Gasteiger partial charge in [0.15, 0.2) is 0 Å². The molecule has 0 aliphatic heterocycles. The highest BCUT2D eigenvalue weighted by molar-refractivity contribution is 5.26. The summed E-state index contributed by atoms with van der Waals surface area (Å²) >= 11 is 0. The summed E-state index contributed by atoms with van der Waals surface area (Å²) in [5.41, 5.74) is 3.05. The molecule has 1 rings (SSSR count). The maximum Gasteiger partial charge on any atom is 0.105 e. The first-order valence-corrected chi connectivity index (χ1v) is 6.63. The van der Waals surface area contributed by atoms with Crippen LogP contribution in [-0.4, -0.2) is 24.1 Å². The predicted molar refractivity (Wildman–Crippen MR) is 71.4 cm³/mol. The maximum atomic E-state index is 2.31. The molecule has 0 saturated heterocycles. The first-order chi connectivity index (χ1) is 7.71. The minimum absolute atomic E-state index is 0. The van der Waals surface area contributed by atoms with Gasteiger partial charge in [0.25, 0.3) is 0 Å². The van der Waals surface area contributed by atoms with Crippen molar-refractivity contribution in [1.82, 2.24) is 0 Å². The van der Waals surface area contributed by atoms with Crippen LogP contribution < -0.4 is 12.4 Å². The van der Waals surface area contributed by atoms with E-state index in [4.69, 9.17) is 0 Å². The van der Waals surface area contributed by atoms with Crippen LogP contribution in [0, 0.1) is 0 Å². The predicted octanol–water partition coefficient (Wildman–Crippen LogP) is 0.630. The van der Waals surface area contributed by atoms with E-state index in [9.17, 15) is 0 Å². The van der Waals surface area contributed by atoms with Crippen LogP contribution in [-0.2, 0) is 13.0 Å². The van der Waals surface area contributed by atoms with Gasteiger partial charge in [0.2, 0.25) is 0 Å². The molecule has 1 aromatic carbocycles. The average Bonchev–Trinajstić information content (AvgIpc) is 2.36. The number of aryl methyl sites for hydroxylation is 1. The molecule has 0 atom stereocenters. The van der Waals surface area contributed by atoms with E-state index < -0.39 is 0 Å². The fourth-order valence-electron chi connectivity index (χ4n) is 2.42. The third kappa shape index (κ3) is 4.01. The third-order valence-electron chi connectivity index (χ3n) is 4.02. The molecule has 0 bridgehead atoms. The van der Waals surface area contributed by atoms with Crippen LogP contribution in [0.1, 0.15) is 38.8 Å². The van der Waals surface area contributed by atoms with Crippen molar-refractivity contribution < 1.29 is 16.9 Å². The Morgan fingerprint density at radius 1 is 0.824 bits per heavy atom. The normalized spacial score (nSPS) is 11.1. The summed E-state index contributed by atoms with van der Waals surface area (Å²) in [6, 6.07) is 8.89. The van der Waals surface area contributed by atoms with E-state index in [-0.39, 0.29) is 12.4 Å². The molecule has 2 heteroatoms. The van der Waals surface area contributed by atoms with Crippen molar-refractivity contribution in [3.63, 3.8) is 0 Å². The van der Waals surface area contributed by atoms with Gasteiger partial charge in [-0.25, -0.2) is 0 Å². The van der Waals surface area contributed by atoms with Gasteiger partial charge < -0.3 is 16.9 Å². The number of halogens is 1.